The van der Waals surface area contributed by atoms with E-state index in [4.69, 9.17) is 5.11 Å². The summed E-state index contributed by atoms with van der Waals surface area (Å²) in [6, 6.07) is 6.11. The van der Waals surface area contributed by atoms with Gasteiger partial charge in [0.2, 0.25) is 0 Å². The number of carbonyl (C=O) groups is 1. The van der Waals surface area contributed by atoms with Crippen LogP contribution in [0.4, 0.5) is 13.2 Å². The highest BCUT2D eigenvalue weighted by molar-refractivity contribution is 7.99. The Morgan fingerprint density at radius 2 is 1.68 bits per heavy atom. The van der Waals surface area contributed by atoms with Crippen LogP contribution in [0.25, 0.3) is 0 Å². The van der Waals surface area contributed by atoms with Crippen LogP contribution in [0.5, 0.6) is 0 Å². The third-order valence-electron chi connectivity index (χ3n) is 2.29. The van der Waals surface area contributed by atoms with Crippen LogP contribution in [-0.4, -0.2) is 11.1 Å². The fourth-order valence-electron chi connectivity index (χ4n) is 1.39. The second kappa shape index (κ2) is 5.36. The summed E-state index contributed by atoms with van der Waals surface area (Å²) >= 11 is 0.692. The lowest BCUT2D eigenvalue weighted by Gasteiger charge is -2.05. The van der Waals surface area contributed by atoms with Crippen molar-refractivity contribution in [3.05, 3.63) is 59.4 Å². The van der Waals surface area contributed by atoms with Gasteiger partial charge in [0, 0.05) is 4.90 Å². The number of carboxylic acids is 1. The van der Waals surface area contributed by atoms with E-state index in [1.54, 1.807) is 0 Å². The molecule has 0 saturated carbocycles. The summed E-state index contributed by atoms with van der Waals surface area (Å²) in [7, 11) is 0. The molecule has 2 aromatic rings. The van der Waals surface area contributed by atoms with Crippen molar-refractivity contribution in [1.29, 1.82) is 0 Å². The summed E-state index contributed by atoms with van der Waals surface area (Å²) in [5.74, 6) is -3.36. The topological polar surface area (TPSA) is 37.3 Å². The van der Waals surface area contributed by atoms with E-state index in [1.165, 1.54) is 12.1 Å². The average molecular weight is 284 g/mol. The molecule has 0 atom stereocenters. The highest BCUT2D eigenvalue weighted by Gasteiger charge is 2.12. The zero-order valence-electron chi connectivity index (χ0n) is 9.36. The van der Waals surface area contributed by atoms with E-state index >= 15 is 0 Å². The molecule has 0 spiro atoms. The van der Waals surface area contributed by atoms with Crippen LogP contribution >= 0.6 is 11.8 Å². The number of halogens is 3. The van der Waals surface area contributed by atoms with Gasteiger partial charge in [0.25, 0.3) is 0 Å². The molecule has 0 heterocycles. The number of aromatic carboxylic acids is 1. The highest BCUT2D eigenvalue weighted by Crippen LogP contribution is 2.32. The van der Waals surface area contributed by atoms with Crippen LogP contribution < -0.4 is 0 Å². The summed E-state index contributed by atoms with van der Waals surface area (Å²) in [6.07, 6.45) is 0. The van der Waals surface area contributed by atoms with Crippen molar-refractivity contribution in [2.75, 3.05) is 0 Å². The Morgan fingerprint density at radius 3 is 2.32 bits per heavy atom. The van der Waals surface area contributed by atoms with Crippen LogP contribution in [0.15, 0.2) is 46.2 Å². The minimum Gasteiger partial charge on any atom is -0.478 e. The standard InChI is InChI=1S/C13H7F3O2S/c14-8-2-3-9(15)12(6-8)19-11-4-1-7(13(17)18)5-10(11)16/h1-6H,(H,17,18). The molecule has 0 aliphatic rings. The summed E-state index contributed by atoms with van der Waals surface area (Å²) < 4.78 is 40.0. The van der Waals surface area contributed by atoms with Gasteiger partial charge in [0.1, 0.15) is 17.5 Å². The molecule has 0 fully saturated rings. The number of benzene rings is 2. The van der Waals surface area contributed by atoms with Gasteiger partial charge in [-0.15, -0.1) is 0 Å². The molecule has 0 aliphatic heterocycles. The minimum atomic E-state index is -1.26. The van der Waals surface area contributed by atoms with Crippen molar-refractivity contribution in [3.63, 3.8) is 0 Å². The molecular formula is C13H7F3O2S. The van der Waals surface area contributed by atoms with Gasteiger partial charge in [-0.25, -0.2) is 18.0 Å². The third-order valence-corrected chi connectivity index (χ3v) is 3.38. The van der Waals surface area contributed by atoms with Gasteiger partial charge in [-0.2, -0.15) is 0 Å². The Kier molecular flexibility index (Phi) is 3.80. The first-order valence-corrected chi connectivity index (χ1v) is 5.95. The molecule has 2 rings (SSSR count). The van der Waals surface area contributed by atoms with Crippen LogP contribution in [0.3, 0.4) is 0 Å². The maximum absolute atomic E-state index is 13.6. The molecular weight excluding hydrogens is 277 g/mol. The van der Waals surface area contributed by atoms with E-state index in [0.29, 0.717) is 11.8 Å². The molecule has 0 unspecified atom stereocenters. The molecule has 19 heavy (non-hydrogen) atoms. The van der Waals surface area contributed by atoms with Gasteiger partial charge in [0.05, 0.1) is 10.5 Å². The fraction of sp³-hybridized carbons (Fsp3) is 0. The predicted molar refractivity (Wildman–Crippen MR) is 63.8 cm³/mol. The highest BCUT2D eigenvalue weighted by atomic mass is 32.2. The second-order valence-corrected chi connectivity index (χ2v) is 4.71. The van der Waals surface area contributed by atoms with Gasteiger partial charge < -0.3 is 5.11 Å². The van der Waals surface area contributed by atoms with Crippen molar-refractivity contribution in [2.45, 2.75) is 9.79 Å². The Labute approximate surface area is 110 Å². The Bertz CT molecular complexity index is 644. The molecule has 98 valence electrons. The quantitative estimate of drug-likeness (QED) is 0.927. The normalized spacial score (nSPS) is 10.5. The first-order chi connectivity index (χ1) is 8.97. The predicted octanol–water partition coefficient (Wildman–Crippen LogP) is 3.95. The first kappa shape index (κ1) is 13.5. The molecule has 0 aliphatic carbocycles. The maximum atomic E-state index is 13.6. The van der Waals surface area contributed by atoms with E-state index in [-0.39, 0.29) is 15.4 Å². The monoisotopic (exact) mass is 284 g/mol. The Hall–Kier alpha value is -1.95. The molecule has 0 radical (unpaired) electrons. The van der Waals surface area contributed by atoms with Crippen molar-refractivity contribution < 1.29 is 23.1 Å². The van der Waals surface area contributed by atoms with E-state index in [2.05, 4.69) is 0 Å². The van der Waals surface area contributed by atoms with E-state index < -0.39 is 23.4 Å². The largest absolute Gasteiger partial charge is 0.478 e. The molecule has 0 bridgehead atoms. The van der Waals surface area contributed by atoms with Gasteiger partial charge in [-0.05, 0) is 36.4 Å². The lowest BCUT2D eigenvalue weighted by molar-refractivity contribution is 0.0696. The molecule has 1 N–H and O–H groups in total. The summed E-state index contributed by atoms with van der Waals surface area (Å²) in [5, 5.41) is 8.69. The zero-order chi connectivity index (χ0) is 14.0. The first-order valence-electron chi connectivity index (χ1n) is 5.13. The fourth-order valence-corrected chi connectivity index (χ4v) is 2.26. The summed E-state index contributed by atoms with van der Waals surface area (Å²) in [5.41, 5.74) is -0.207. The smallest absolute Gasteiger partial charge is 0.335 e. The average Bonchev–Trinajstić information content (AvgIpc) is 2.36. The number of hydrogen-bond donors (Lipinski definition) is 1. The van der Waals surface area contributed by atoms with Gasteiger partial charge in [-0.3, -0.25) is 0 Å². The minimum absolute atomic E-state index is 0.0227. The van der Waals surface area contributed by atoms with Crippen molar-refractivity contribution >= 4 is 17.7 Å². The van der Waals surface area contributed by atoms with Crippen LogP contribution in [0.2, 0.25) is 0 Å². The molecule has 0 amide bonds. The second-order valence-electron chi connectivity index (χ2n) is 3.63. The van der Waals surface area contributed by atoms with Gasteiger partial charge in [0.15, 0.2) is 0 Å². The molecule has 2 aromatic carbocycles. The van der Waals surface area contributed by atoms with Crippen molar-refractivity contribution in [1.82, 2.24) is 0 Å². The molecule has 0 aromatic heterocycles. The molecule has 0 saturated heterocycles. The van der Waals surface area contributed by atoms with Gasteiger partial charge >= 0.3 is 5.97 Å². The summed E-state index contributed by atoms with van der Waals surface area (Å²) in [6.45, 7) is 0. The maximum Gasteiger partial charge on any atom is 0.335 e. The number of carboxylic acid groups (broad SMARTS) is 1. The van der Waals surface area contributed by atoms with E-state index in [0.717, 1.165) is 24.3 Å². The van der Waals surface area contributed by atoms with Crippen LogP contribution in [0, 0.1) is 17.5 Å². The van der Waals surface area contributed by atoms with E-state index in [9.17, 15) is 18.0 Å². The number of rotatable bonds is 3. The zero-order valence-corrected chi connectivity index (χ0v) is 10.2. The Balaban J connectivity index is 2.33. The van der Waals surface area contributed by atoms with E-state index in [1.807, 2.05) is 0 Å². The molecule has 2 nitrogen and oxygen atoms in total. The van der Waals surface area contributed by atoms with Crippen molar-refractivity contribution in [2.24, 2.45) is 0 Å². The lowest BCUT2D eigenvalue weighted by atomic mass is 10.2. The lowest BCUT2D eigenvalue weighted by Crippen LogP contribution is -1.97. The van der Waals surface area contributed by atoms with Crippen LogP contribution in [0.1, 0.15) is 10.4 Å². The van der Waals surface area contributed by atoms with Gasteiger partial charge in [-0.1, -0.05) is 11.8 Å². The SMILES string of the molecule is O=C(O)c1ccc(Sc2cc(F)ccc2F)c(F)c1. The number of hydrogen-bond acceptors (Lipinski definition) is 2. The van der Waals surface area contributed by atoms with Crippen molar-refractivity contribution in [3.8, 4) is 0 Å². The van der Waals surface area contributed by atoms with Crippen LogP contribution in [-0.2, 0) is 0 Å². The summed E-state index contributed by atoms with van der Waals surface area (Å²) in [4.78, 5) is 10.6. The third kappa shape index (κ3) is 3.08. The molecule has 6 heteroatoms. The Morgan fingerprint density at radius 1 is 0.947 bits per heavy atom.